The summed E-state index contributed by atoms with van der Waals surface area (Å²) in [5.41, 5.74) is -0.965. The van der Waals surface area contributed by atoms with Gasteiger partial charge in [-0.05, 0) is 6.07 Å². The van der Waals surface area contributed by atoms with E-state index in [2.05, 4.69) is 0 Å². The van der Waals surface area contributed by atoms with Crippen LogP contribution >= 0.6 is 0 Å². The topological polar surface area (TPSA) is 84.0 Å². The highest BCUT2D eigenvalue weighted by atomic mass is 19.1. The number of carbonyl (C=O) groups is 1. The fraction of sp³-hybridized carbons (Fsp3) is 0.111. The third kappa shape index (κ3) is 2.14. The molecule has 0 spiro atoms. The zero-order valence-corrected chi connectivity index (χ0v) is 7.44. The van der Waals surface area contributed by atoms with Crippen molar-refractivity contribution in [2.45, 2.75) is 6.42 Å². The Kier molecular flexibility index (Phi) is 3.08. The van der Waals surface area contributed by atoms with Crippen LogP contribution in [0, 0.1) is 27.3 Å². The van der Waals surface area contributed by atoms with Crippen molar-refractivity contribution in [1.82, 2.24) is 0 Å². The van der Waals surface area contributed by atoms with E-state index in [-0.39, 0.29) is 11.1 Å². The van der Waals surface area contributed by atoms with E-state index in [0.717, 1.165) is 12.1 Å². The van der Waals surface area contributed by atoms with Crippen molar-refractivity contribution < 1.29 is 14.1 Å². The minimum Gasteiger partial charge on any atom is -0.298 e. The second-order valence-corrected chi connectivity index (χ2v) is 2.71. The lowest BCUT2D eigenvalue weighted by molar-refractivity contribution is -0.385. The highest BCUT2D eigenvalue weighted by Crippen LogP contribution is 2.23. The predicted octanol–water partition coefficient (Wildman–Crippen LogP) is 1.61. The summed E-state index contributed by atoms with van der Waals surface area (Å²) in [6.45, 7) is 0. The maximum atomic E-state index is 13.2. The van der Waals surface area contributed by atoms with E-state index < -0.39 is 22.8 Å². The second-order valence-electron chi connectivity index (χ2n) is 2.71. The Morgan fingerprint density at radius 1 is 1.60 bits per heavy atom. The number of aldehydes is 1. The largest absolute Gasteiger partial charge is 0.298 e. The van der Waals surface area contributed by atoms with Crippen LogP contribution in [0.5, 0.6) is 0 Å². The normalized spacial score (nSPS) is 9.33. The molecule has 0 saturated heterocycles. The summed E-state index contributed by atoms with van der Waals surface area (Å²) in [5.74, 6) is -0.909. The number of nitro groups is 1. The van der Waals surface area contributed by atoms with Crippen molar-refractivity contribution in [3.63, 3.8) is 0 Å². The number of carbonyl (C=O) groups excluding carboxylic acids is 1. The van der Waals surface area contributed by atoms with Gasteiger partial charge in [0.2, 0.25) is 0 Å². The van der Waals surface area contributed by atoms with E-state index in [9.17, 15) is 19.3 Å². The summed E-state index contributed by atoms with van der Waals surface area (Å²) in [6.07, 6.45) is -0.0898. The quantitative estimate of drug-likeness (QED) is 0.429. The average molecular weight is 208 g/mol. The van der Waals surface area contributed by atoms with Crippen LogP contribution in [0.15, 0.2) is 12.1 Å². The van der Waals surface area contributed by atoms with Gasteiger partial charge in [-0.15, -0.1) is 0 Å². The lowest BCUT2D eigenvalue weighted by Gasteiger charge is -2.01. The first-order chi connectivity index (χ1) is 7.10. The Labute approximate surface area is 83.9 Å². The van der Waals surface area contributed by atoms with Gasteiger partial charge in [-0.2, -0.15) is 5.26 Å². The molecular weight excluding hydrogens is 203 g/mol. The van der Waals surface area contributed by atoms with Crippen LogP contribution < -0.4 is 0 Å². The molecule has 0 bridgehead atoms. The van der Waals surface area contributed by atoms with E-state index in [4.69, 9.17) is 5.26 Å². The predicted molar refractivity (Wildman–Crippen MR) is 47.8 cm³/mol. The van der Waals surface area contributed by atoms with Gasteiger partial charge in [-0.3, -0.25) is 14.9 Å². The zero-order valence-electron chi connectivity index (χ0n) is 7.44. The summed E-state index contributed by atoms with van der Waals surface area (Å²) >= 11 is 0. The number of nitriles is 1. The number of hydrogen-bond donors (Lipinski definition) is 0. The maximum absolute atomic E-state index is 13.2. The molecule has 0 radical (unpaired) electrons. The third-order valence-electron chi connectivity index (χ3n) is 1.78. The van der Waals surface area contributed by atoms with E-state index >= 15 is 0 Å². The zero-order chi connectivity index (χ0) is 11.4. The number of rotatable bonds is 3. The summed E-state index contributed by atoms with van der Waals surface area (Å²) in [7, 11) is 0. The number of benzene rings is 1. The number of nitro benzene ring substituents is 1. The van der Waals surface area contributed by atoms with Gasteiger partial charge in [0, 0.05) is 11.6 Å². The van der Waals surface area contributed by atoms with Gasteiger partial charge < -0.3 is 0 Å². The van der Waals surface area contributed by atoms with Crippen LogP contribution in [0.4, 0.5) is 10.1 Å². The van der Waals surface area contributed by atoms with Gasteiger partial charge in [0.25, 0.3) is 5.69 Å². The smallest absolute Gasteiger partial charge is 0.277 e. The lowest BCUT2D eigenvalue weighted by atomic mass is 10.1. The Morgan fingerprint density at radius 2 is 2.27 bits per heavy atom. The van der Waals surface area contributed by atoms with E-state index in [1.807, 2.05) is 0 Å². The molecule has 0 atom stereocenters. The van der Waals surface area contributed by atoms with Crippen LogP contribution in [0.25, 0.3) is 0 Å². The van der Waals surface area contributed by atoms with E-state index in [1.54, 1.807) is 6.07 Å². The van der Waals surface area contributed by atoms with Gasteiger partial charge in [0.1, 0.15) is 12.1 Å². The summed E-state index contributed by atoms with van der Waals surface area (Å²) in [5, 5.41) is 18.9. The molecule has 15 heavy (non-hydrogen) atoms. The Balaban J connectivity index is 3.43. The Morgan fingerprint density at radius 3 is 2.73 bits per heavy atom. The second kappa shape index (κ2) is 4.28. The third-order valence-corrected chi connectivity index (χ3v) is 1.78. The van der Waals surface area contributed by atoms with Crippen molar-refractivity contribution in [3.8, 4) is 6.07 Å². The van der Waals surface area contributed by atoms with Crippen molar-refractivity contribution in [2.75, 3.05) is 0 Å². The van der Waals surface area contributed by atoms with Crippen LogP contribution in [-0.4, -0.2) is 11.2 Å². The molecule has 5 nitrogen and oxygen atoms in total. The molecule has 0 N–H and O–H groups in total. The van der Waals surface area contributed by atoms with Crippen LogP contribution in [-0.2, 0) is 6.42 Å². The molecule has 1 aromatic carbocycles. The molecule has 0 fully saturated rings. The molecular formula is C9H5FN2O3. The van der Waals surface area contributed by atoms with Crippen LogP contribution in [0.2, 0.25) is 0 Å². The van der Waals surface area contributed by atoms with Crippen LogP contribution in [0.3, 0.4) is 0 Å². The molecule has 1 aromatic rings. The maximum Gasteiger partial charge on any atom is 0.277 e. The standard InChI is InChI=1S/C9H5FN2O3/c10-8-3-6(5-13)4-9(12(14)15)7(8)1-2-11/h3-5H,1H2. The highest BCUT2D eigenvalue weighted by molar-refractivity contribution is 5.76. The molecule has 0 aliphatic heterocycles. The van der Waals surface area contributed by atoms with Crippen molar-refractivity contribution >= 4 is 12.0 Å². The van der Waals surface area contributed by atoms with E-state index in [1.165, 1.54) is 0 Å². The average Bonchev–Trinajstić information content (AvgIpc) is 2.20. The molecule has 0 saturated carbocycles. The van der Waals surface area contributed by atoms with Gasteiger partial charge in [-0.1, -0.05) is 0 Å². The van der Waals surface area contributed by atoms with Crippen molar-refractivity contribution in [3.05, 3.63) is 39.2 Å². The number of hydrogen-bond acceptors (Lipinski definition) is 4. The van der Waals surface area contributed by atoms with Gasteiger partial charge in [-0.25, -0.2) is 4.39 Å². The van der Waals surface area contributed by atoms with Gasteiger partial charge in [0.15, 0.2) is 0 Å². The molecule has 0 aliphatic rings. The fourth-order valence-corrected chi connectivity index (χ4v) is 1.13. The summed E-state index contributed by atoms with van der Waals surface area (Å²) in [6, 6.07) is 3.44. The highest BCUT2D eigenvalue weighted by Gasteiger charge is 2.19. The molecule has 0 unspecified atom stereocenters. The first kappa shape index (κ1) is 10.8. The van der Waals surface area contributed by atoms with Crippen LogP contribution in [0.1, 0.15) is 15.9 Å². The van der Waals surface area contributed by atoms with Crippen molar-refractivity contribution in [2.24, 2.45) is 0 Å². The first-order valence-electron chi connectivity index (χ1n) is 3.89. The molecule has 0 aliphatic carbocycles. The molecule has 1 rings (SSSR count). The molecule has 0 heterocycles. The van der Waals surface area contributed by atoms with Gasteiger partial charge in [0.05, 0.1) is 23.0 Å². The fourth-order valence-electron chi connectivity index (χ4n) is 1.13. The molecule has 76 valence electrons. The lowest BCUT2D eigenvalue weighted by Crippen LogP contribution is -2.00. The summed E-state index contributed by atoms with van der Waals surface area (Å²) < 4.78 is 13.2. The van der Waals surface area contributed by atoms with E-state index in [0.29, 0.717) is 6.29 Å². The molecule has 0 amide bonds. The number of halogens is 1. The summed E-state index contributed by atoms with van der Waals surface area (Å²) in [4.78, 5) is 20.1. The van der Waals surface area contributed by atoms with Crippen molar-refractivity contribution in [1.29, 1.82) is 5.26 Å². The monoisotopic (exact) mass is 208 g/mol. The molecule has 0 aromatic heterocycles. The Hall–Kier alpha value is -2.29. The minimum atomic E-state index is -0.909. The van der Waals surface area contributed by atoms with Gasteiger partial charge >= 0.3 is 0 Å². The molecule has 6 heteroatoms. The first-order valence-corrected chi connectivity index (χ1v) is 3.89. The SMILES string of the molecule is N#CCc1c(F)cc(C=O)cc1[N+](=O)[O-]. The minimum absolute atomic E-state index is 0.124. The Bertz CT molecular complexity index is 465. The number of nitrogens with zero attached hydrogens (tertiary/aromatic N) is 2.